The highest BCUT2D eigenvalue weighted by Gasteiger charge is 2.10. The fraction of sp³-hybridized carbons (Fsp3) is 1.00. The lowest BCUT2D eigenvalue weighted by Crippen LogP contribution is -2.33. The first-order valence-corrected chi connectivity index (χ1v) is 4.73. The summed E-state index contributed by atoms with van der Waals surface area (Å²) in [6.45, 7) is 6.31. The molecule has 0 aromatic rings. The van der Waals surface area contributed by atoms with Crippen LogP contribution in [0.5, 0.6) is 0 Å². The highest BCUT2D eigenvalue weighted by atomic mass is 15.1. The third-order valence-electron chi connectivity index (χ3n) is 1.91. The summed E-state index contributed by atoms with van der Waals surface area (Å²) in [5.74, 6) is 0. The van der Waals surface area contributed by atoms with Crippen molar-refractivity contribution in [3.05, 3.63) is 0 Å². The van der Waals surface area contributed by atoms with Gasteiger partial charge in [-0.15, -0.1) is 0 Å². The molecule has 0 saturated carbocycles. The quantitative estimate of drug-likeness (QED) is 0.578. The molecule has 1 aliphatic rings. The first-order chi connectivity index (χ1) is 5.29. The van der Waals surface area contributed by atoms with Crippen LogP contribution >= 0.6 is 0 Å². The molecule has 0 aromatic carbocycles. The third kappa shape index (κ3) is 5.22. The van der Waals surface area contributed by atoms with Gasteiger partial charge in [0.2, 0.25) is 0 Å². The predicted octanol–water partition coefficient (Wildman–Crippen LogP) is 1.46. The Morgan fingerprint density at radius 3 is 2.55 bits per heavy atom. The standard InChI is InChI=1S/C7H16N2.C2H6/c1-9-5-3-2-4-7(8)6-9;1-2/h7H,2-6,8H2,1H3;1-2H3/t7-;/m1./s1. The van der Waals surface area contributed by atoms with E-state index in [9.17, 15) is 0 Å². The summed E-state index contributed by atoms with van der Waals surface area (Å²) in [6, 6.07) is 0.428. The number of hydrogen-bond donors (Lipinski definition) is 1. The molecule has 1 aliphatic heterocycles. The van der Waals surface area contributed by atoms with E-state index >= 15 is 0 Å². The minimum atomic E-state index is 0.428. The summed E-state index contributed by atoms with van der Waals surface area (Å²) in [5.41, 5.74) is 5.78. The van der Waals surface area contributed by atoms with Crippen LogP contribution in [0.25, 0.3) is 0 Å². The van der Waals surface area contributed by atoms with Crippen LogP contribution in [0, 0.1) is 0 Å². The van der Waals surface area contributed by atoms with E-state index in [1.807, 2.05) is 13.8 Å². The number of hydrogen-bond acceptors (Lipinski definition) is 2. The third-order valence-corrected chi connectivity index (χ3v) is 1.91. The molecule has 1 fully saturated rings. The van der Waals surface area contributed by atoms with Crippen molar-refractivity contribution in [2.75, 3.05) is 20.1 Å². The monoisotopic (exact) mass is 158 g/mol. The zero-order chi connectivity index (χ0) is 8.69. The van der Waals surface area contributed by atoms with Gasteiger partial charge in [0, 0.05) is 12.6 Å². The van der Waals surface area contributed by atoms with Gasteiger partial charge in [-0.3, -0.25) is 0 Å². The van der Waals surface area contributed by atoms with Crippen LogP contribution in [0.2, 0.25) is 0 Å². The molecule has 0 aromatic heterocycles. The van der Waals surface area contributed by atoms with Gasteiger partial charge in [0.1, 0.15) is 0 Å². The van der Waals surface area contributed by atoms with Crippen LogP contribution in [0.3, 0.4) is 0 Å². The first-order valence-electron chi connectivity index (χ1n) is 4.73. The van der Waals surface area contributed by atoms with E-state index < -0.39 is 0 Å². The Bertz CT molecular complexity index is 73.6. The molecule has 68 valence electrons. The lowest BCUT2D eigenvalue weighted by molar-refractivity contribution is 0.333. The molecule has 2 heteroatoms. The van der Waals surface area contributed by atoms with Crippen LogP contribution in [-0.2, 0) is 0 Å². The molecule has 0 radical (unpaired) electrons. The molecule has 1 rings (SSSR count). The molecule has 11 heavy (non-hydrogen) atoms. The average molecular weight is 158 g/mol. The molecule has 0 amide bonds. The summed E-state index contributed by atoms with van der Waals surface area (Å²) in [6.07, 6.45) is 3.85. The van der Waals surface area contributed by atoms with Crippen molar-refractivity contribution in [1.29, 1.82) is 0 Å². The van der Waals surface area contributed by atoms with Crippen molar-refractivity contribution in [3.8, 4) is 0 Å². The zero-order valence-electron chi connectivity index (χ0n) is 8.14. The fourth-order valence-corrected chi connectivity index (χ4v) is 1.37. The summed E-state index contributed by atoms with van der Waals surface area (Å²) in [4.78, 5) is 2.32. The van der Waals surface area contributed by atoms with E-state index in [1.165, 1.54) is 25.8 Å². The van der Waals surface area contributed by atoms with E-state index in [0.717, 1.165) is 6.54 Å². The fourth-order valence-electron chi connectivity index (χ4n) is 1.37. The van der Waals surface area contributed by atoms with Crippen molar-refractivity contribution in [2.24, 2.45) is 5.73 Å². The molecule has 0 bridgehead atoms. The van der Waals surface area contributed by atoms with Crippen LogP contribution in [-0.4, -0.2) is 31.1 Å². The van der Waals surface area contributed by atoms with Crippen molar-refractivity contribution in [3.63, 3.8) is 0 Å². The minimum absolute atomic E-state index is 0.428. The van der Waals surface area contributed by atoms with Gasteiger partial charge in [0.05, 0.1) is 0 Å². The second kappa shape index (κ2) is 6.62. The van der Waals surface area contributed by atoms with Gasteiger partial charge in [0.15, 0.2) is 0 Å². The number of likely N-dealkylation sites (tertiary alicyclic amines) is 1. The van der Waals surface area contributed by atoms with E-state index in [4.69, 9.17) is 5.73 Å². The van der Waals surface area contributed by atoms with Gasteiger partial charge < -0.3 is 10.6 Å². The molecular formula is C9H22N2. The Morgan fingerprint density at radius 2 is 1.91 bits per heavy atom. The second-order valence-electron chi connectivity index (χ2n) is 3.02. The number of nitrogens with two attached hydrogens (primary N) is 1. The van der Waals surface area contributed by atoms with Crippen LogP contribution in [0.15, 0.2) is 0 Å². The van der Waals surface area contributed by atoms with E-state index in [1.54, 1.807) is 0 Å². The maximum Gasteiger partial charge on any atom is 0.0167 e. The average Bonchev–Trinajstić information content (AvgIpc) is 2.18. The molecule has 2 N–H and O–H groups in total. The summed E-state index contributed by atoms with van der Waals surface area (Å²) in [7, 11) is 2.14. The maximum atomic E-state index is 5.78. The van der Waals surface area contributed by atoms with Gasteiger partial charge in [-0.1, -0.05) is 20.3 Å². The topological polar surface area (TPSA) is 29.3 Å². The van der Waals surface area contributed by atoms with Gasteiger partial charge in [-0.25, -0.2) is 0 Å². The van der Waals surface area contributed by atoms with Crippen molar-refractivity contribution < 1.29 is 0 Å². The molecule has 0 unspecified atom stereocenters. The molecule has 1 atom stereocenters. The summed E-state index contributed by atoms with van der Waals surface area (Å²) in [5, 5.41) is 0. The largest absolute Gasteiger partial charge is 0.327 e. The number of nitrogens with zero attached hydrogens (tertiary/aromatic N) is 1. The van der Waals surface area contributed by atoms with Crippen molar-refractivity contribution >= 4 is 0 Å². The van der Waals surface area contributed by atoms with Gasteiger partial charge in [-0.05, 0) is 26.4 Å². The van der Waals surface area contributed by atoms with Gasteiger partial charge in [-0.2, -0.15) is 0 Å². The van der Waals surface area contributed by atoms with Crippen LogP contribution in [0.4, 0.5) is 0 Å². The Balaban J connectivity index is 0.000000461. The second-order valence-corrected chi connectivity index (χ2v) is 3.02. The molecule has 0 spiro atoms. The number of rotatable bonds is 0. The summed E-state index contributed by atoms with van der Waals surface area (Å²) >= 11 is 0. The normalized spacial score (nSPS) is 26.7. The Morgan fingerprint density at radius 1 is 1.27 bits per heavy atom. The molecule has 1 heterocycles. The predicted molar refractivity (Wildman–Crippen MR) is 50.7 cm³/mol. The minimum Gasteiger partial charge on any atom is -0.327 e. The smallest absolute Gasteiger partial charge is 0.0167 e. The van der Waals surface area contributed by atoms with Crippen molar-refractivity contribution in [2.45, 2.75) is 39.2 Å². The van der Waals surface area contributed by atoms with Crippen LogP contribution in [0.1, 0.15) is 33.1 Å². The molecular weight excluding hydrogens is 136 g/mol. The van der Waals surface area contributed by atoms with Crippen LogP contribution < -0.4 is 5.73 Å². The lowest BCUT2D eigenvalue weighted by Gasteiger charge is -2.15. The van der Waals surface area contributed by atoms with Crippen molar-refractivity contribution in [1.82, 2.24) is 4.90 Å². The lowest BCUT2D eigenvalue weighted by atomic mass is 10.2. The number of likely N-dealkylation sites (N-methyl/N-ethyl adjacent to an activating group) is 1. The zero-order valence-corrected chi connectivity index (χ0v) is 8.14. The maximum absolute atomic E-state index is 5.78. The Hall–Kier alpha value is -0.0800. The SMILES string of the molecule is CC.CN1CCCC[C@@H](N)C1. The van der Waals surface area contributed by atoms with E-state index in [0.29, 0.717) is 6.04 Å². The Kier molecular flexibility index (Phi) is 6.57. The van der Waals surface area contributed by atoms with E-state index in [-0.39, 0.29) is 0 Å². The molecule has 1 saturated heterocycles. The Labute approximate surface area is 70.8 Å². The van der Waals surface area contributed by atoms with Gasteiger partial charge >= 0.3 is 0 Å². The first kappa shape index (κ1) is 10.9. The van der Waals surface area contributed by atoms with E-state index in [2.05, 4.69) is 11.9 Å². The molecule has 2 nitrogen and oxygen atoms in total. The summed E-state index contributed by atoms with van der Waals surface area (Å²) < 4.78 is 0. The van der Waals surface area contributed by atoms with Gasteiger partial charge in [0.25, 0.3) is 0 Å². The highest BCUT2D eigenvalue weighted by molar-refractivity contribution is 4.69. The highest BCUT2D eigenvalue weighted by Crippen LogP contribution is 2.06. The molecule has 0 aliphatic carbocycles.